The van der Waals surface area contributed by atoms with Crippen molar-refractivity contribution in [3.05, 3.63) is 0 Å². The maximum absolute atomic E-state index is 2.64. The molecule has 126 valence electrons. The Balaban J connectivity index is 1.62. The van der Waals surface area contributed by atoms with E-state index in [2.05, 4.69) is 20.8 Å². The van der Waals surface area contributed by atoms with Crippen molar-refractivity contribution in [3.63, 3.8) is 0 Å². The van der Waals surface area contributed by atoms with E-state index in [4.69, 9.17) is 0 Å². The van der Waals surface area contributed by atoms with E-state index in [9.17, 15) is 0 Å². The quantitative estimate of drug-likeness (QED) is 0.506. The minimum atomic E-state index is 0.626. The third kappa shape index (κ3) is 2.39. The van der Waals surface area contributed by atoms with Gasteiger partial charge in [0.1, 0.15) is 0 Å². The van der Waals surface area contributed by atoms with Gasteiger partial charge < -0.3 is 0 Å². The molecule has 22 heavy (non-hydrogen) atoms. The fraction of sp³-hybridized carbons (Fsp3) is 1.00. The molecule has 4 aliphatic rings. The fourth-order valence-corrected chi connectivity index (χ4v) is 7.96. The first kappa shape index (κ1) is 15.5. The van der Waals surface area contributed by atoms with E-state index in [1.54, 1.807) is 38.5 Å². The van der Waals surface area contributed by atoms with Crippen LogP contribution in [0.4, 0.5) is 0 Å². The molecule has 7 unspecified atom stereocenters. The van der Waals surface area contributed by atoms with E-state index < -0.39 is 0 Å². The third-order valence-corrected chi connectivity index (χ3v) is 8.89. The molecule has 0 aromatic rings. The van der Waals surface area contributed by atoms with Crippen molar-refractivity contribution >= 4 is 0 Å². The Kier molecular flexibility index (Phi) is 4.10. The van der Waals surface area contributed by atoms with Gasteiger partial charge in [-0.15, -0.1) is 0 Å². The van der Waals surface area contributed by atoms with Gasteiger partial charge in [-0.1, -0.05) is 52.9 Å². The SMILES string of the molecule is CC1C2CCCCC2C2C1CCCC2C1CCCCC1(C)C. The molecule has 0 nitrogen and oxygen atoms in total. The highest BCUT2D eigenvalue weighted by molar-refractivity contribution is 5.03. The molecule has 7 atom stereocenters. The van der Waals surface area contributed by atoms with Crippen LogP contribution in [0.25, 0.3) is 0 Å². The standard InChI is InChI=1S/C22H38/c1-15-16-9-4-5-10-18(16)21-17(15)11-8-12-19(21)20-13-6-7-14-22(20,2)3/h15-21H,4-14H2,1-3H3. The van der Waals surface area contributed by atoms with Gasteiger partial charge in [-0.3, -0.25) is 0 Å². The smallest absolute Gasteiger partial charge is 0.0321 e. The summed E-state index contributed by atoms with van der Waals surface area (Å²) in [5.41, 5.74) is 0.626. The molecular weight excluding hydrogens is 264 g/mol. The van der Waals surface area contributed by atoms with Crippen molar-refractivity contribution in [2.45, 2.75) is 91.4 Å². The highest BCUT2D eigenvalue weighted by atomic mass is 14.6. The Bertz CT molecular complexity index is 395. The molecule has 0 aromatic heterocycles. The second kappa shape index (κ2) is 5.82. The minimum absolute atomic E-state index is 0.626. The highest BCUT2D eigenvalue weighted by Gasteiger charge is 2.55. The zero-order valence-corrected chi connectivity index (χ0v) is 15.3. The van der Waals surface area contributed by atoms with Crippen LogP contribution in [-0.2, 0) is 0 Å². The second-order valence-corrected chi connectivity index (χ2v) is 10.1. The van der Waals surface area contributed by atoms with E-state index in [-0.39, 0.29) is 0 Å². The summed E-state index contributed by atoms with van der Waals surface area (Å²) in [5, 5.41) is 0. The molecule has 0 radical (unpaired) electrons. The zero-order valence-electron chi connectivity index (χ0n) is 15.3. The molecule has 0 N–H and O–H groups in total. The molecule has 4 fully saturated rings. The van der Waals surface area contributed by atoms with Crippen LogP contribution in [0.5, 0.6) is 0 Å². The normalized spacial score (nSPS) is 51.1. The van der Waals surface area contributed by atoms with Crippen molar-refractivity contribution < 1.29 is 0 Å². The Hall–Kier alpha value is 0. The summed E-state index contributed by atoms with van der Waals surface area (Å²) in [6.45, 7) is 7.86. The van der Waals surface area contributed by atoms with E-state index in [0.717, 1.165) is 41.4 Å². The Morgan fingerprint density at radius 3 is 2.05 bits per heavy atom. The van der Waals surface area contributed by atoms with Gasteiger partial charge in [-0.05, 0) is 85.4 Å². The largest absolute Gasteiger partial charge is 0.0620 e. The summed E-state index contributed by atoms with van der Waals surface area (Å²) in [4.78, 5) is 0. The third-order valence-electron chi connectivity index (χ3n) is 8.89. The zero-order chi connectivity index (χ0) is 15.3. The first-order chi connectivity index (χ1) is 10.6. The summed E-state index contributed by atoms with van der Waals surface area (Å²) < 4.78 is 0. The molecule has 0 aromatic carbocycles. The van der Waals surface area contributed by atoms with Crippen LogP contribution in [0.1, 0.15) is 91.4 Å². The van der Waals surface area contributed by atoms with Gasteiger partial charge in [0.2, 0.25) is 0 Å². The average Bonchev–Trinajstić information content (AvgIpc) is 2.81. The lowest BCUT2D eigenvalue weighted by atomic mass is 9.55. The van der Waals surface area contributed by atoms with Crippen molar-refractivity contribution in [2.75, 3.05) is 0 Å². The van der Waals surface area contributed by atoms with Crippen molar-refractivity contribution in [1.29, 1.82) is 0 Å². The molecule has 0 heteroatoms. The van der Waals surface area contributed by atoms with Gasteiger partial charge in [0, 0.05) is 0 Å². The molecule has 0 saturated heterocycles. The molecular formula is C22H38. The molecule has 4 rings (SSSR count). The predicted molar refractivity (Wildman–Crippen MR) is 94.7 cm³/mol. The first-order valence-electron chi connectivity index (χ1n) is 10.6. The van der Waals surface area contributed by atoms with Gasteiger partial charge >= 0.3 is 0 Å². The summed E-state index contributed by atoms with van der Waals surface area (Å²) in [5.74, 6) is 7.63. The average molecular weight is 303 g/mol. The Morgan fingerprint density at radius 2 is 1.27 bits per heavy atom. The van der Waals surface area contributed by atoms with E-state index >= 15 is 0 Å². The molecule has 0 aliphatic heterocycles. The van der Waals surface area contributed by atoms with Crippen molar-refractivity contribution in [1.82, 2.24) is 0 Å². The minimum Gasteiger partial charge on any atom is -0.0620 e. The topological polar surface area (TPSA) is 0 Å². The fourth-order valence-electron chi connectivity index (χ4n) is 7.96. The molecule has 0 heterocycles. The molecule has 0 bridgehead atoms. The van der Waals surface area contributed by atoms with Crippen LogP contribution in [0.3, 0.4) is 0 Å². The van der Waals surface area contributed by atoms with Crippen molar-refractivity contribution in [3.8, 4) is 0 Å². The number of hydrogen-bond acceptors (Lipinski definition) is 0. The van der Waals surface area contributed by atoms with E-state index in [0.29, 0.717) is 5.41 Å². The van der Waals surface area contributed by atoms with Crippen LogP contribution < -0.4 is 0 Å². The Morgan fingerprint density at radius 1 is 0.636 bits per heavy atom. The van der Waals surface area contributed by atoms with Crippen LogP contribution in [0.2, 0.25) is 0 Å². The maximum atomic E-state index is 2.64. The van der Waals surface area contributed by atoms with Crippen LogP contribution in [-0.4, -0.2) is 0 Å². The van der Waals surface area contributed by atoms with Gasteiger partial charge in [0.05, 0.1) is 0 Å². The van der Waals surface area contributed by atoms with Gasteiger partial charge in [0.15, 0.2) is 0 Å². The van der Waals surface area contributed by atoms with Gasteiger partial charge in [0.25, 0.3) is 0 Å². The molecule has 4 saturated carbocycles. The molecule has 4 aliphatic carbocycles. The van der Waals surface area contributed by atoms with Crippen molar-refractivity contribution in [2.24, 2.45) is 46.8 Å². The monoisotopic (exact) mass is 302 g/mol. The van der Waals surface area contributed by atoms with Crippen LogP contribution in [0, 0.1) is 46.8 Å². The summed E-state index contributed by atoms with van der Waals surface area (Å²) in [7, 11) is 0. The lowest BCUT2D eigenvalue weighted by Crippen LogP contribution is -2.42. The Labute approximate surface area is 138 Å². The first-order valence-corrected chi connectivity index (χ1v) is 10.6. The van der Waals surface area contributed by atoms with E-state index in [1.807, 2.05) is 0 Å². The second-order valence-electron chi connectivity index (χ2n) is 10.1. The van der Waals surface area contributed by atoms with Crippen LogP contribution >= 0.6 is 0 Å². The maximum Gasteiger partial charge on any atom is -0.0321 e. The highest BCUT2D eigenvalue weighted by Crippen LogP contribution is 2.62. The summed E-state index contributed by atoms with van der Waals surface area (Å²) >= 11 is 0. The molecule has 0 spiro atoms. The number of fused-ring (bicyclic) bond motifs is 3. The number of rotatable bonds is 1. The summed E-state index contributed by atoms with van der Waals surface area (Å²) in [6.07, 6.45) is 17.0. The summed E-state index contributed by atoms with van der Waals surface area (Å²) in [6, 6.07) is 0. The lowest BCUT2D eigenvalue weighted by Gasteiger charge is -2.50. The van der Waals surface area contributed by atoms with Gasteiger partial charge in [-0.25, -0.2) is 0 Å². The van der Waals surface area contributed by atoms with Gasteiger partial charge in [-0.2, -0.15) is 0 Å². The molecule has 0 amide bonds. The van der Waals surface area contributed by atoms with Crippen LogP contribution in [0.15, 0.2) is 0 Å². The van der Waals surface area contributed by atoms with E-state index in [1.165, 1.54) is 32.1 Å². The number of hydrogen-bond donors (Lipinski definition) is 0. The lowest BCUT2D eigenvalue weighted by molar-refractivity contribution is -0.00649. The predicted octanol–water partition coefficient (Wildman–Crippen LogP) is 6.69.